The smallest absolute Gasteiger partial charge is 0.128 e. The van der Waals surface area contributed by atoms with Gasteiger partial charge in [-0.3, -0.25) is 0 Å². The Labute approximate surface area is 117 Å². The molecule has 1 aromatic rings. The van der Waals surface area contributed by atoms with Crippen molar-refractivity contribution >= 4 is 5.82 Å². The lowest BCUT2D eigenvalue weighted by atomic mass is 10.2. The van der Waals surface area contributed by atoms with Crippen LogP contribution < -0.4 is 10.2 Å². The molecule has 4 heteroatoms. The fourth-order valence-electron chi connectivity index (χ4n) is 1.83. The number of hydrogen-bond donors (Lipinski definition) is 1. The van der Waals surface area contributed by atoms with Crippen molar-refractivity contribution in [2.75, 3.05) is 32.2 Å². The molecule has 0 spiro atoms. The minimum absolute atomic E-state index is 0.316. The summed E-state index contributed by atoms with van der Waals surface area (Å²) in [4.78, 5) is 6.83. The Morgan fingerprint density at radius 2 is 2.05 bits per heavy atom. The summed E-state index contributed by atoms with van der Waals surface area (Å²) in [6.07, 6.45) is 0. The van der Waals surface area contributed by atoms with Gasteiger partial charge in [-0.1, -0.05) is 19.9 Å². The van der Waals surface area contributed by atoms with Gasteiger partial charge in [-0.05, 0) is 31.5 Å². The Balaban J connectivity index is 2.60. The lowest BCUT2D eigenvalue weighted by molar-refractivity contribution is 0.183. The normalized spacial score (nSPS) is 12.7. The van der Waals surface area contributed by atoms with Crippen LogP contribution in [0.2, 0.25) is 0 Å². The average molecular weight is 265 g/mol. The van der Waals surface area contributed by atoms with Gasteiger partial charge in [0.2, 0.25) is 0 Å². The lowest BCUT2D eigenvalue weighted by Crippen LogP contribution is -2.33. The molecule has 0 amide bonds. The van der Waals surface area contributed by atoms with E-state index in [0.717, 1.165) is 24.6 Å². The first-order valence-electron chi connectivity index (χ1n) is 6.93. The second-order valence-electron chi connectivity index (χ2n) is 5.43. The molecule has 108 valence electrons. The first kappa shape index (κ1) is 15.9. The Morgan fingerprint density at radius 3 is 2.68 bits per heavy atom. The van der Waals surface area contributed by atoms with Crippen molar-refractivity contribution in [2.45, 2.75) is 33.4 Å². The van der Waals surface area contributed by atoms with Gasteiger partial charge in [-0.25, -0.2) is 4.98 Å². The molecule has 19 heavy (non-hydrogen) atoms. The van der Waals surface area contributed by atoms with E-state index in [-0.39, 0.29) is 0 Å². The zero-order valence-electron chi connectivity index (χ0n) is 12.8. The summed E-state index contributed by atoms with van der Waals surface area (Å²) < 4.78 is 5.19. The predicted molar refractivity (Wildman–Crippen MR) is 80.5 cm³/mol. The summed E-state index contributed by atoms with van der Waals surface area (Å²) in [6, 6.07) is 6.48. The molecule has 0 aromatic carbocycles. The SMILES string of the molecule is COCC(C)N(C)c1cccc(CNCC(C)C)n1. The Bertz CT molecular complexity index is 368. The summed E-state index contributed by atoms with van der Waals surface area (Å²) in [6.45, 7) is 9.08. The second-order valence-corrected chi connectivity index (χ2v) is 5.43. The van der Waals surface area contributed by atoms with Crippen LogP contribution in [0.1, 0.15) is 26.5 Å². The summed E-state index contributed by atoms with van der Waals surface area (Å²) in [7, 11) is 3.78. The zero-order chi connectivity index (χ0) is 14.3. The molecular formula is C15H27N3O. The van der Waals surface area contributed by atoms with Crippen LogP contribution in [0.15, 0.2) is 18.2 Å². The molecule has 0 bridgehead atoms. The number of methoxy groups -OCH3 is 1. The van der Waals surface area contributed by atoms with E-state index in [9.17, 15) is 0 Å². The van der Waals surface area contributed by atoms with Crippen LogP contribution in [0.3, 0.4) is 0 Å². The van der Waals surface area contributed by atoms with Crippen molar-refractivity contribution in [1.29, 1.82) is 0 Å². The van der Waals surface area contributed by atoms with Crippen molar-refractivity contribution < 1.29 is 4.74 Å². The zero-order valence-corrected chi connectivity index (χ0v) is 12.8. The molecule has 0 aliphatic carbocycles. The van der Waals surface area contributed by atoms with E-state index in [1.807, 2.05) is 6.07 Å². The van der Waals surface area contributed by atoms with E-state index in [0.29, 0.717) is 18.6 Å². The predicted octanol–water partition coefficient (Wildman–Crippen LogP) is 2.30. The lowest BCUT2D eigenvalue weighted by Gasteiger charge is -2.25. The molecule has 1 aromatic heterocycles. The maximum Gasteiger partial charge on any atom is 0.128 e. The van der Waals surface area contributed by atoms with Gasteiger partial charge < -0.3 is 15.0 Å². The topological polar surface area (TPSA) is 37.4 Å². The third-order valence-electron chi connectivity index (χ3n) is 3.08. The van der Waals surface area contributed by atoms with Gasteiger partial charge in [0.1, 0.15) is 5.82 Å². The van der Waals surface area contributed by atoms with Crippen molar-refractivity contribution in [3.8, 4) is 0 Å². The molecule has 1 rings (SSSR count). The third-order valence-corrected chi connectivity index (χ3v) is 3.08. The van der Waals surface area contributed by atoms with E-state index in [1.54, 1.807) is 7.11 Å². The molecule has 1 unspecified atom stereocenters. The highest BCUT2D eigenvalue weighted by molar-refractivity contribution is 5.39. The Morgan fingerprint density at radius 1 is 1.32 bits per heavy atom. The molecule has 0 fully saturated rings. The Hall–Kier alpha value is -1.13. The minimum Gasteiger partial charge on any atom is -0.383 e. The number of ether oxygens (including phenoxy) is 1. The van der Waals surface area contributed by atoms with E-state index in [2.05, 4.69) is 55.2 Å². The van der Waals surface area contributed by atoms with Crippen LogP contribution in [0.25, 0.3) is 0 Å². The molecule has 0 saturated carbocycles. The van der Waals surface area contributed by atoms with Crippen LogP contribution in [-0.4, -0.2) is 38.3 Å². The molecule has 0 aliphatic rings. The number of hydrogen-bond acceptors (Lipinski definition) is 4. The summed E-state index contributed by atoms with van der Waals surface area (Å²) in [5.74, 6) is 1.65. The van der Waals surface area contributed by atoms with Crippen LogP contribution in [0.5, 0.6) is 0 Å². The van der Waals surface area contributed by atoms with Crippen molar-refractivity contribution in [2.24, 2.45) is 5.92 Å². The molecule has 0 radical (unpaired) electrons. The quantitative estimate of drug-likeness (QED) is 0.782. The number of rotatable bonds is 8. The number of likely N-dealkylation sites (N-methyl/N-ethyl adjacent to an activating group) is 1. The summed E-state index contributed by atoms with van der Waals surface area (Å²) in [5.41, 5.74) is 1.08. The summed E-state index contributed by atoms with van der Waals surface area (Å²) >= 11 is 0. The van der Waals surface area contributed by atoms with Crippen LogP contribution in [0, 0.1) is 5.92 Å². The highest BCUT2D eigenvalue weighted by atomic mass is 16.5. The monoisotopic (exact) mass is 265 g/mol. The first-order valence-corrected chi connectivity index (χ1v) is 6.93. The minimum atomic E-state index is 0.316. The first-order chi connectivity index (χ1) is 9.04. The van der Waals surface area contributed by atoms with E-state index in [1.165, 1.54) is 0 Å². The van der Waals surface area contributed by atoms with Gasteiger partial charge in [0.15, 0.2) is 0 Å². The molecule has 0 saturated heterocycles. The van der Waals surface area contributed by atoms with Gasteiger partial charge in [0.05, 0.1) is 18.3 Å². The molecule has 1 atom stereocenters. The highest BCUT2D eigenvalue weighted by Crippen LogP contribution is 2.13. The number of pyridine rings is 1. The van der Waals surface area contributed by atoms with Gasteiger partial charge in [-0.15, -0.1) is 0 Å². The average Bonchev–Trinajstić information content (AvgIpc) is 2.38. The molecular weight excluding hydrogens is 238 g/mol. The standard InChI is InChI=1S/C15H27N3O/c1-12(2)9-16-10-14-7-6-8-15(17-14)18(4)13(3)11-19-5/h6-8,12-13,16H,9-11H2,1-5H3. The van der Waals surface area contributed by atoms with E-state index < -0.39 is 0 Å². The second kappa shape index (κ2) is 8.12. The van der Waals surface area contributed by atoms with Crippen molar-refractivity contribution in [3.05, 3.63) is 23.9 Å². The van der Waals surface area contributed by atoms with Crippen LogP contribution in [0.4, 0.5) is 5.82 Å². The van der Waals surface area contributed by atoms with Gasteiger partial charge in [-0.2, -0.15) is 0 Å². The van der Waals surface area contributed by atoms with Crippen LogP contribution >= 0.6 is 0 Å². The fourth-order valence-corrected chi connectivity index (χ4v) is 1.83. The molecule has 4 nitrogen and oxygen atoms in total. The number of nitrogens with one attached hydrogen (secondary N) is 1. The Kier molecular flexibility index (Phi) is 6.81. The maximum atomic E-state index is 5.19. The van der Waals surface area contributed by atoms with E-state index >= 15 is 0 Å². The van der Waals surface area contributed by atoms with Gasteiger partial charge in [0, 0.05) is 20.7 Å². The molecule has 1 heterocycles. The number of aromatic nitrogens is 1. The number of anilines is 1. The van der Waals surface area contributed by atoms with Crippen LogP contribution in [-0.2, 0) is 11.3 Å². The highest BCUT2D eigenvalue weighted by Gasteiger charge is 2.11. The fraction of sp³-hybridized carbons (Fsp3) is 0.667. The largest absolute Gasteiger partial charge is 0.383 e. The number of nitrogens with zero attached hydrogens (tertiary/aromatic N) is 2. The van der Waals surface area contributed by atoms with Gasteiger partial charge >= 0.3 is 0 Å². The third kappa shape index (κ3) is 5.57. The van der Waals surface area contributed by atoms with E-state index in [4.69, 9.17) is 4.74 Å². The van der Waals surface area contributed by atoms with Crippen molar-refractivity contribution in [1.82, 2.24) is 10.3 Å². The van der Waals surface area contributed by atoms with Crippen molar-refractivity contribution in [3.63, 3.8) is 0 Å². The van der Waals surface area contributed by atoms with Gasteiger partial charge in [0.25, 0.3) is 0 Å². The molecule has 0 aliphatic heterocycles. The maximum absolute atomic E-state index is 5.19. The molecule has 1 N–H and O–H groups in total. The summed E-state index contributed by atoms with van der Waals surface area (Å²) in [5, 5.41) is 3.42.